The summed E-state index contributed by atoms with van der Waals surface area (Å²) in [6.45, 7) is 1.74. The monoisotopic (exact) mass is 343 g/mol. The first-order valence-electron chi connectivity index (χ1n) is 8.36. The summed E-state index contributed by atoms with van der Waals surface area (Å²) >= 11 is 0. The SMILES string of the molecule is Cc1nc2cncc(Cc3ccccc3)c2c(=O)n1Oc1ccccc1. The van der Waals surface area contributed by atoms with E-state index < -0.39 is 0 Å². The smallest absolute Gasteiger partial charge is 0.295 e. The average molecular weight is 343 g/mol. The molecule has 0 aliphatic heterocycles. The molecule has 128 valence electrons. The fourth-order valence-corrected chi connectivity index (χ4v) is 2.94. The Hall–Kier alpha value is -3.47. The third-order valence-corrected chi connectivity index (χ3v) is 4.16. The van der Waals surface area contributed by atoms with Crippen molar-refractivity contribution >= 4 is 10.9 Å². The van der Waals surface area contributed by atoms with E-state index in [-0.39, 0.29) is 5.56 Å². The lowest BCUT2D eigenvalue weighted by Gasteiger charge is -2.13. The third kappa shape index (κ3) is 3.07. The number of pyridine rings is 1. The van der Waals surface area contributed by atoms with Gasteiger partial charge in [0, 0.05) is 6.20 Å². The zero-order valence-electron chi connectivity index (χ0n) is 14.3. The summed E-state index contributed by atoms with van der Waals surface area (Å²) in [5, 5.41) is 0.533. The van der Waals surface area contributed by atoms with Gasteiger partial charge < -0.3 is 4.84 Å². The summed E-state index contributed by atoms with van der Waals surface area (Å²) in [6.07, 6.45) is 3.95. The normalized spacial score (nSPS) is 10.8. The summed E-state index contributed by atoms with van der Waals surface area (Å²) in [5.41, 5.74) is 2.28. The van der Waals surface area contributed by atoms with Crippen LogP contribution < -0.4 is 10.4 Å². The van der Waals surface area contributed by atoms with Gasteiger partial charge in [-0.3, -0.25) is 9.78 Å². The Balaban J connectivity index is 1.84. The molecule has 0 unspecified atom stereocenters. The highest BCUT2D eigenvalue weighted by molar-refractivity contribution is 5.80. The molecule has 0 radical (unpaired) electrons. The van der Waals surface area contributed by atoms with Gasteiger partial charge in [0.25, 0.3) is 5.56 Å². The van der Waals surface area contributed by atoms with Crippen LogP contribution in [0.1, 0.15) is 17.0 Å². The maximum Gasteiger partial charge on any atom is 0.295 e. The Kier molecular flexibility index (Phi) is 4.19. The maximum absolute atomic E-state index is 13.1. The minimum atomic E-state index is -0.232. The lowest BCUT2D eigenvalue weighted by Crippen LogP contribution is -2.28. The van der Waals surface area contributed by atoms with Gasteiger partial charge in [-0.25, -0.2) is 4.98 Å². The van der Waals surface area contributed by atoms with Crippen LogP contribution in [0.5, 0.6) is 5.75 Å². The number of fused-ring (bicyclic) bond motifs is 1. The molecule has 0 N–H and O–H groups in total. The topological polar surface area (TPSA) is 57.0 Å². The van der Waals surface area contributed by atoms with Crippen molar-refractivity contribution in [2.75, 3.05) is 0 Å². The van der Waals surface area contributed by atoms with Gasteiger partial charge in [0.2, 0.25) is 0 Å². The third-order valence-electron chi connectivity index (χ3n) is 4.16. The van der Waals surface area contributed by atoms with Crippen molar-refractivity contribution in [2.45, 2.75) is 13.3 Å². The molecule has 0 saturated heterocycles. The Morgan fingerprint density at radius 2 is 1.65 bits per heavy atom. The Bertz CT molecular complexity index is 1110. The van der Waals surface area contributed by atoms with Crippen molar-refractivity contribution in [1.82, 2.24) is 14.7 Å². The average Bonchev–Trinajstić information content (AvgIpc) is 2.67. The first-order valence-corrected chi connectivity index (χ1v) is 8.36. The van der Waals surface area contributed by atoms with E-state index in [4.69, 9.17) is 4.84 Å². The molecule has 2 heterocycles. The molecule has 5 heteroatoms. The fraction of sp³-hybridized carbons (Fsp3) is 0.0952. The zero-order valence-corrected chi connectivity index (χ0v) is 14.3. The number of aryl methyl sites for hydroxylation is 1. The van der Waals surface area contributed by atoms with E-state index in [1.165, 1.54) is 4.73 Å². The number of aromatic nitrogens is 3. The van der Waals surface area contributed by atoms with Crippen LogP contribution in [-0.4, -0.2) is 14.7 Å². The lowest BCUT2D eigenvalue weighted by molar-refractivity contribution is 0.195. The van der Waals surface area contributed by atoms with Crippen molar-refractivity contribution in [2.24, 2.45) is 0 Å². The van der Waals surface area contributed by atoms with Crippen molar-refractivity contribution in [3.8, 4) is 5.75 Å². The highest BCUT2D eigenvalue weighted by Gasteiger charge is 2.14. The van der Waals surface area contributed by atoms with Gasteiger partial charge in [-0.05, 0) is 36.6 Å². The number of nitrogens with zero attached hydrogens (tertiary/aromatic N) is 3. The van der Waals surface area contributed by atoms with Gasteiger partial charge in [-0.15, -0.1) is 4.73 Å². The van der Waals surface area contributed by atoms with Crippen LogP contribution in [0.4, 0.5) is 0 Å². The molecule has 0 aliphatic carbocycles. The van der Waals surface area contributed by atoms with Gasteiger partial charge in [0.1, 0.15) is 5.82 Å². The van der Waals surface area contributed by atoms with Crippen LogP contribution in [0.15, 0.2) is 77.9 Å². The van der Waals surface area contributed by atoms with Crippen molar-refractivity contribution in [1.29, 1.82) is 0 Å². The van der Waals surface area contributed by atoms with E-state index in [1.807, 2.05) is 48.5 Å². The summed E-state index contributed by atoms with van der Waals surface area (Å²) < 4.78 is 1.24. The molecule has 0 atom stereocenters. The van der Waals surface area contributed by atoms with Crippen LogP contribution in [0.2, 0.25) is 0 Å². The second-order valence-corrected chi connectivity index (χ2v) is 6.02. The van der Waals surface area contributed by atoms with E-state index in [1.54, 1.807) is 31.5 Å². The minimum absolute atomic E-state index is 0.232. The van der Waals surface area contributed by atoms with Gasteiger partial charge in [0.15, 0.2) is 5.75 Å². The first kappa shape index (κ1) is 16.0. The standard InChI is InChI=1S/C21H17N3O2/c1-15-23-19-14-22-13-17(12-16-8-4-2-5-9-16)20(19)21(25)24(15)26-18-10-6-3-7-11-18/h2-11,13-14H,12H2,1H3. The van der Waals surface area contributed by atoms with E-state index in [0.717, 1.165) is 11.1 Å². The molecule has 0 spiro atoms. The molecule has 0 aliphatic rings. The molecular weight excluding hydrogens is 326 g/mol. The quantitative estimate of drug-likeness (QED) is 0.569. The molecule has 2 aromatic carbocycles. The van der Waals surface area contributed by atoms with E-state index in [0.29, 0.717) is 28.9 Å². The van der Waals surface area contributed by atoms with Crippen molar-refractivity contribution in [3.05, 3.63) is 100 Å². The second kappa shape index (κ2) is 6.80. The molecule has 0 saturated carbocycles. The van der Waals surface area contributed by atoms with Gasteiger partial charge in [0.05, 0.1) is 17.1 Å². The first-order chi connectivity index (χ1) is 12.7. The molecule has 0 amide bonds. The lowest BCUT2D eigenvalue weighted by atomic mass is 10.0. The van der Waals surface area contributed by atoms with Crippen LogP contribution in [-0.2, 0) is 6.42 Å². The largest absolute Gasteiger partial charge is 0.370 e. The Labute approximate surface area is 150 Å². The molecular formula is C21H17N3O2. The van der Waals surface area contributed by atoms with E-state index in [2.05, 4.69) is 9.97 Å². The zero-order chi connectivity index (χ0) is 17.9. The van der Waals surface area contributed by atoms with E-state index in [9.17, 15) is 4.79 Å². The molecule has 2 aromatic heterocycles. The van der Waals surface area contributed by atoms with Gasteiger partial charge in [-0.1, -0.05) is 48.5 Å². The molecule has 5 nitrogen and oxygen atoms in total. The number of rotatable bonds is 4. The van der Waals surface area contributed by atoms with Gasteiger partial charge >= 0.3 is 0 Å². The predicted octanol–water partition coefficient (Wildman–Crippen LogP) is 3.53. The summed E-state index contributed by atoms with van der Waals surface area (Å²) in [4.78, 5) is 27.7. The highest BCUT2D eigenvalue weighted by atomic mass is 16.7. The second-order valence-electron chi connectivity index (χ2n) is 6.02. The highest BCUT2D eigenvalue weighted by Crippen LogP contribution is 2.17. The molecule has 0 bridgehead atoms. The predicted molar refractivity (Wildman–Crippen MR) is 100 cm³/mol. The van der Waals surface area contributed by atoms with Crippen LogP contribution >= 0.6 is 0 Å². The van der Waals surface area contributed by atoms with Crippen LogP contribution in [0.3, 0.4) is 0 Å². The number of hydrogen-bond donors (Lipinski definition) is 0. The molecule has 26 heavy (non-hydrogen) atoms. The number of para-hydroxylation sites is 1. The molecule has 0 fully saturated rings. The van der Waals surface area contributed by atoms with Crippen LogP contribution in [0.25, 0.3) is 10.9 Å². The van der Waals surface area contributed by atoms with Crippen molar-refractivity contribution < 1.29 is 4.84 Å². The summed E-state index contributed by atoms with van der Waals surface area (Å²) in [7, 11) is 0. The van der Waals surface area contributed by atoms with Crippen LogP contribution in [0, 0.1) is 6.92 Å². The maximum atomic E-state index is 13.1. The van der Waals surface area contributed by atoms with E-state index >= 15 is 0 Å². The molecule has 4 aromatic rings. The number of benzene rings is 2. The summed E-state index contributed by atoms with van der Waals surface area (Å²) in [5.74, 6) is 1.06. The Morgan fingerprint density at radius 1 is 0.962 bits per heavy atom. The van der Waals surface area contributed by atoms with Crippen molar-refractivity contribution in [3.63, 3.8) is 0 Å². The minimum Gasteiger partial charge on any atom is -0.370 e. The molecule has 4 rings (SSSR count). The summed E-state index contributed by atoms with van der Waals surface area (Å²) in [6, 6.07) is 19.2. The van der Waals surface area contributed by atoms with Gasteiger partial charge in [-0.2, -0.15) is 0 Å². The number of hydrogen-bond acceptors (Lipinski definition) is 4. The Morgan fingerprint density at radius 3 is 2.38 bits per heavy atom. The fourth-order valence-electron chi connectivity index (χ4n) is 2.94.